The summed E-state index contributed by atoms with van der Waals surface area (Å²) in [7, 11) is 1.91. The normalized spacial score (nSPS) is 25.5. The SMILES string of the molecule is Cn1nc(C2CCC(=O)NC2=O)c2cncc(N3CCN(C4CC(c5ccc(N)nc5)C4)CC3)c21. The van der Waals surface area contributed by atoms with E-state index < -0.39 is 5.92 Å². The second-order valence-electron chi connectivity index (χ2n) is 9.93. The van der Waals surface area contributed by atoms with E-state index in [0.717, 1.165) is 42.8 Å². The van der Waals surface area contributed by atoms with Gasteiger partial charge in [0.05, 0.1) is 29.0 Å². The molecule has 3 fully saturated rings. The number of anilines is 2. The number of pyridine rings is 2. The molecule has 10 nitrogen and oxygen atoms in total. The molecule has 6 rings (SSSR count). The van der Waals surface area contributed by atoms with E-state index in [4.69, 9.17) is 10.8 Å². The predicted molar refractivity (Wildman–Crippen MR) is 132 cm³/mol. The van der Waals surface area contributed by atoms with Gasteiger partial charge in [0.15, 0.2) is 0 Å². The number of piperidine rings is 1. The fourth-order valence-electron chi connectivity index (χ4n) is 5.82. The number of carbonyl (C=O) groups is 2. The minimum atomic E-state index is -0.423. The van der Waals surface area contributed by atoms with Crippen LogP contribution in [0.2, 0.25) is 0 Å². The van der Waals surface area contributed by atoms with Gasteiger partial charge >= 0.3 is 0 Å². The maximum Gasteiger partial charge on any atom is 0.235 e. The minimum absolute atomic E-state index is 0.217. The lowest BCUT2D eigenvalue weighted by Gasteiger charge is -2.47. The first kappa shape index (κ1) is 22.0. The van der Waals surface area contributed by atoms with E-state index in [1.54, 1.807) is 6.20 Å². The molecule has 3 N–H and O–H groups in total. The molecule has 2 saturated heterocycles. The van der Waals surface area contributed by atoms with Gasteiger partial charge in [0.2, 0.25) is 11.8 Å². The summed E-state index contributed by atoms with van der Waals surface area (Å²) in [6.45, 7) is 3.85. The van der Waals surface area contributed by atoms with Crippen LogP contribution in [-0.4, -0.2) is 68.7 Å². The molecule has 0 spiro atoms. The van der Waals surface area contributed by atoms with E-state index in [2.05, 4.69) is 31.2 Å². The van der Waals surface area contributed by atoms with Crippen LogP contribution in [0, 0.1) is 0 Å². The van der Waals surface area contributed by atoms with Crippen LogP contribution in [0.1, 0.15) is 48.8 Å². The molecule has 3 aromatic heterocycles. The van der Waals surface area contributed by atoms with E-state index >= 15 is 0 Å². The molecule has 2 amide bonds. The van der Waals surface area contributed by atoms with Gasteiger partial charge in [0.1, 0.15) is 5.82 Å². The molecule has 0 bridgehead atoms. The molecule has 5 heterocycles. The molecule has 35 heavy (non-hydrogen) atoms. The second kappa shape index (κ2) is 8.60. The number of imide groups is 1. The lowest BCUT2D eigenvalue weighted by Crippen LogP contribution is -2.53. The van der Waals surface area contributed by atoms with E-state index in [9.17, 15) is 9.59 Å². The molecular weight excluding hydrogens is 444 g/mol. The van der Waals surface area contributed by atoms with Gasteiger partial charge in [0, 0.05) is 63.5 Å². The molecular formula is C25H30N8O2. The molecule has 1 aliphatic carbocycles. The maximum absolute atomic E-state index is 12.5. The number of aromatic nitrogens is 4. The highest BCUT2D eigenvalue weighted by atomic mass is 16.2. The van der Waals surface area contributed by atoms with Crippen LogP contribution < -0.4 is 16.0 Å². The second-order valence-corrected chi connectivity index (χ2v) is 9.93. The summed E-state index contributed by atoms with van der Waals surface area (Å²) >= 11 is 0. The number of aryl methyl sites for hydroxylation is 1. The third kappa shape index (κ3) is 3.91. The molecule has 1 unspecified atom stereocenters. The average Bonchev–Trinajstić information content (AvgIpc) is 3.16. The van der Waals surface area contributed by atoms with Crippen molar-refractivity contribution in [2.24, 2.45) is 7.05 Å². The summed E-state index contributed by atoms with van der Waals surface area (Å²) in [5.41, 5.74) is 9.76. The minimum Gasteiger partial charge on any atom is -0.384 e. The monoisotopic (exact) mass is 474 g/mol. The molecule has 0 aromatic carbocycles. The number of hydrogen-bond donors (Lipinski definition) is 2. The van der Waals surface area contributed by atoms with Crippen molar-refractivity contribution in [1.29, 1.82) is 0 Å². The Labute approximate surface area is 203 Å². The number of piperazine rings is 1. The number of nitrogens with one attached hydrogen (secondary N) is 1. The highest BCUT2D eigenvalue weighted by Crippen LogP contribution is 2.40. The summed E-state index contributed by atoms with van der Waals surface area (Å²) < 4.78 is 1.86. The number of amides is 2. The van der Waals surface area contributed by atoms with Crippen LogP contribution in [-0.2, 0) is 16.6 Å². The van der Waals surface area contributed by atoms with Crippen LogP contribution >= 0.6 is 0 Å². The largest absolute Gasteiger partial charge is 0.384 e. The zero-order valence-electron chi connectivity index (χ0n) is 19.9. The highest BCUT2D eigenvalue weighted by molar-refractivity contribution is 6.03. The molecule has 3 aromatic rings. The van der Waals surface area contributed by atoms with Gasteiger partial charge in [-0.2, -0.15) is 5.10 Å². The summed E-state index contributed by atoms with van der Waals surface area (Å²) in [5, 5.41) is 8.05. The quantitative estimate of drug-likeness (QED) is 0.546. The first-order valence-corrected chi connectivity index (χ1v) is 12.3. The van der Waals surface area contributed by atoms with E-state index in [-0.39, 0.29) is 11.8 Å². The van der Waals surface area contributed by atoms with Crippen molar-refractivity contribution >= 4 is 34.2 Å². The zero-order chi connectivity index (χ0) is 24.1. The molecule has 0 radical (unpaired) electrons. The van der Waals surface area contributed by atoms with Crippen molar-refractivity contribution < 1.29 is 9.59 Å². The number of fused-ring (bicyclic) bond motifs is 1. The molecule has 182 valence electrons. The summed E-state index contributed by atoms with van der Waals surface area (Å²) in [5.74, 6) is 0.236. The maximum atomic E-state index is 12.5. The predicted octanol–water partition coefficient (Wildman–Crippen LogP) is 1.53. The van der Waals surface area contributed by atoms with Gasteiger partial charge in [-0.15, -0.1) is 0 Å². The van der Waals surface area contributed by atoms with Crippen molar-refractivity contribution in [2.45, 2.75) is 43.6 Å². The highest BCUT2D eigenvalue weighted by Gasteiger charge is 2.37. The standard InChI is InChI=1S/C25H30N8O2/c1-31-24-19(23(30-31)18-3-5-22(34)29-25(18)35)13-27-14-20(24)33-8-6-32(7-9-33)17-10-16(11-17)15-2-4-21(26)28-12-15/h2,4,12-14,16-18H,3,5-11H2,1H3,(H2,26,28)(H,29,34,35). The molecule has 1 saturated carbocycles. The van der Waals surface area contributed by atoms with Crippen molar-refractivity contribution in [3.63, 3.8) is 0 Å². The van der Waals surface area contributed by atoms with Crippen molar-refractivity contribution in [3.05, 3.63) is 42.0 Å². The van der Waals surface area contributed by atoms with Crippen molar-refractivity contribution in [2.75, 3.05) is 36.8 Å². The number of hydrogen-bond acceptors (Lipinski definition) is 8. The van der Waals surface area contributed by atoms with E-state index in [1.807, 2.05) is 30.2 Å². The lowest BCUT2D eigenvalue weighted by molar-refractivity contribution is -0.134. The van der Waals surface area contributed by atoms with E-state index in [0.29, 0.717) is 36.3 Å². The van der Waals surface area contributed by atoms with Crippen molar-refractivity contribution in [1.82, 2.24) is 30.0 Å². The van der Waals surface area contributed by atoms with Gasteiger partial charge in [-0.1, -0.05) is 6.07 Å². The van der Waals surface area contributed by atoms with Gasteiger partial charge < -0.3 is 10.6 Å². The third-order valence-electron chi connectivity index (χ3n) is 7.89. The van der Waals surface area contributed by atoms with Crippen LogP contribution in [0.4, 0.5) is 11.5 Å². The summed E-state index contributed by atoms with van der Waals surface area (Å²) in [4.78, 5) is 37.8. The van der Waals surface area contributed by atoms with Gasteiger partial charge in [-0.05, 0) is 36.8 Å². The van der Waals surface area contributed by atoms with Crippen LogP contribution in [0.5, 0.6) is 0 Å². The van der Waals surface area contributed by atoms with Gasteiger partial charge in [0.25, 0.3) is 0 Å². The first-order valence-electron chi connectivity index (χ1n) is 12.3. The number of carbonyl (C=O) groups excluding carboxylic acids is 2. The van der Waals surface area contributed by atoms with Crippen LogP contribution in [0.25, 0.3) is 10.9 Å². The Balaban J connectivity index is 1.14. The average molecular weight is 475 g/mol. The topological polar surface area (TPSA) is 122 Å². The Morgan fingerprint density at radius 2 is 1.86 bits per heavy atom. The number of nitrogen functional groups attached to an aromatic ring is 1. The van der Waals surface area contributed by atoms with Crippen LogP contribution in [0.15, 0.2) is 30.7 Å². The number of nitrogens with zero attached hydrogens (tertiary/aromatic N) is 6. The fourth-order valence-corrected chi connectivity index (χ4v) is 5.82. The number of rotatable bonds is 4. The lowest BCUT2D eigenvalue weighted by atomic mass is 9.75. The van der Waals surface area contributed by atoms with Crippen LogP contribution in [0.3, 0.4) is 0 Å². The Morgan fingerprint density at radius 3 is 2.57 bits per heavy atom. The fraction of sp³-hybridized carbons (Fsp3) is 0.480. The zero-order valence-corrected chi connectivity index (χ0v) is 19.9. The smallest absolute Gasteiger partial charge is 0.235 e. The molecule has 1 atom stereocenters. The Kier molecular flexibility index (Phi) is 5.40. The summed E-state index contributed by atoms with van der Waals surface area (Å²) in [6.07, 6.45) is 8.76. The number of nitrogens with two attached hydrogens (primary N) is 1. The summed E-state index contributed by atoms with van der Waals surface area (Å²) in [6, 6.07) is 4.61. The molecule has 2 aliphatic heterocycles. The van der Waals surface area contributed by atoms with E-state index in [1.165, 1.54) is 18.4 Å². The van der Waals surface area contributed by atoms with Gasteiger partial charge in [-0.3, -0.25) is 29.5 Å². The molecule has 3 aliphatic rings. The third-order valence-corrected chi connectivity index (χ3v) is 7.89. The Hall–Kier alpha value is -3.53. The van der Waals surface area contributed by atoms with Gasteiger partial charge in [-0.25, -0.2) is 4.98 Å². The Bertz CT molecular complexity index is 1270. The first-order chi connectivity index (χ1) is 17.0. The Morgan fingerprint density at radius 1 is 1.06 bits per heavy atom. The molecule has 10 heteroatoms. The van der Waals surface area contributed by atoms with Crippen molar-refractivity contribution in [3.8, 4) is 0 Å².